The molecule has 3 heterocycles. The van der Waals surface area contributed by atoms with Gasteiger partial charge in [-0.05, 0) is 12.8 Å². The highest BCUT2D eigenvalue weighted by Gasteiger charge is 2.36. The highest BCUT2D eigenvalue weighted by Crippen LogP contribution is 2.25. The quantitative estimate of drug-likeness (QED) is 0.898. The highest BCUT2D eigenvalue weighted by molar-refractivity contribution is 5.39. The van der Waals surface area contributed by atoms with Gasteiger partial charge in [0.05, 0.1) is 0 Å². The summed E-state index contributed by atoms with van der Waals surface area (Å²) in [6.45, 7) is 6.64. The SMILES string of the molecule is O=c1[nH]ccnc1N1CC(N2CCN(C3CCCCC3)CC2)C1. The fourth-order valence-corrected chi connectivity index (χ4v) is 4.34. The summed E-state index contributed by atoms with van der Waals surface area (Å²) in [5, 5.41) is 0. The van der Waals surface area contributed by atoms with Crippen molar-refractivity contribution in [3.63, 3.8) is 0 Å². The first-order valence-electron chi connectivity index (χ1n) is 9.08. The molecule has 1 aromatic rings. The van der Waals surface area contributed by atoms with Crippen molar-refractivity contribution in [3.05, 3.63) is 22.7 Å². The van der Waals surface area contributed by atoms with Crippen LogP contribution in [0, 0.1) is 0 Å². The molecular weight excluding hydrogens is 290 g/mol. The van der Waals surface area contributed by atoms with E-state index in [1.54, 1.807) is 12.4 Å². The molecular formula is C17H27N5O. The smallest absolute Gasteiger partial charge is 0.290 e. The van der Waals surface area contributed by atoms with Crippen molar-refractivity contribution in [1.29, 1.82) is 0 Å². The Hall–Kier alpha value is -1.40. The van der Waals surface area contributed by atoms with E-state index in [9.17, 15) is 4.79 Å². The average Bonchev–Trinajstić information content (AvgIpc) is 2.57. The zero-order valence-electron chi connectivity index (χ0n) is 13.8. The first-order chi connectivity index (χ1) is 11.3. The number of nitrogens with one attached hydrogen (secondary N) is 1. The molecule has 4 rings (SSSR count). The molecule has 126 valence electrons. The van der Waals surface area contributed by atoms with Gasteiger partial charge in [0.2, 0.25) is 0 Å². The second kappa shape index (κ2) is 6.61. The fourth-order valence-electron chi connectivity index (χ4n) is 4.34. The maximum Gasteiger partial charge on any atom is 0.290 e. The van der Waals surface area contributed by atoms with E-state index in [4.69, 9.17) is 0 Å². The standard InChI is InChI=1S/C17H27N5O/c23-17-16(18-6-7-19-17)22-12-15(13-22)21-10-8-20(9-11-21)14-4-2-1-3-5-14/h6-7,14-15H,1-5,8-13H2,(H,19,23). The van der Waals surface area contributed by atoms with Gasteiger partial charge in [-0.15, -0.1) is 0 Å². The molecule has 1 aromatic heterocycles. The Morgan fingerprint density at radius 1 is 0.957 bits per heavy atom. The van der Waals surface area contributed by atoms with Gasteiger partial charge in [0.25, 0.3) is 5.56 Å². The van der Waals surface area contributed by atoms with Gasteiger partial charge in [0, 0.05) is 63.7 Å². The van der Waals surface area contributed by atoms with Gasteiger partial charge in [-0.3, -0.25) is 14.6 Å². The van der Waals surface area contributed by atoms with E-state index >= 15 is 0 Å². The van der Waals surface area contributed by atoms with Crippen molar-refractivity contribution in [1.82, 2.24) is 19.8 Å². The van der Waals surface area contributed by atoms with Crippen LogP contribution >= 0.6 is 0 Å². The number of aromatic nitrogens is 2. The van der Waals surface area contributed by atoms with E-state index in [1.165, 1.54) is 58.3 Å². The number of hydrogen-bond acceptors (Lipinski definition) is 5. The van der Waals surface area contributed by atoms with E-state index in [1.807, 2.05) is 0 Å². The summed E-state index contributed by atoms with van der Waals surface area (Å²) < 4.78 is 0. The predicted molar refractivity (Wildman–Crippen MR) is 90.9 cm³/mol. The Balaban J connectivity index is 1.26. The van der Waals surface area contributed by atoms with Crippen LogP contribution in [0.5, 0.6) is 0 Å². The molecule has 0 amide bonds. The van der Waals surface area contributed by atoms with Crippen LogP contribution in [0.25, 0.3) is 0 Å². The molecule has 1 saturated carbocycles. The molecule has 1 N–H and O–H groups in total. The van der Waals surface area contributed by atoms with Crippen molar-refractivity contribution >= 4 is 5.82 Å². The van der Waals surface area contributed by atoms with Crippen molar-refractivity contribution in [2.45, 2.75) is 44.2 Å². The Bertz CT molecular complexity index is 568. The molecule has 0 spiro atoms. The number of anilines is 1. The largest absolute Gasteiger partial charge is 0.349 e. The highest BCUT2D eigenvalue weighted by atomic mass is 16.1. The minimum absolute atomic E-state index is 0.0759. The number of rotatable bonds is 3. The summed E-state index contributed by atoms with van der Waals surface area (Å²) in [6, 6.07) is 1.43. The molecule has 0 unspecified atom stereocenters. The van der Waals surface area contributed by atoms with E-state index in [2.05, 4.69) is 24.7 Å². The molecule has 6 heteroatoms. The van der Waals surface area contributed by atoms with Crippen molar-refractivity contribution in [2.75, 3.05) is 44.2 Å². The Kier molecular flexibility index (Phi) is 4.35. The number of nitrogens with zero attached hydrogens (tertiary/aromatic N) is 4. The third kappa shape index (κ3) is 3.15. The molecule has 1 aliphatic carbocycles. The second-order valence-corrected chi connectivity index (χ2v) is 7.16. The summed E-state index contributed by atoms with van der Waals surface area (Å²) in [5.74, 6) is 0.574. The Morgan fingerprint density at radius 3 is 2.26 bits per heavy atom. The van der Waals surface area contributed by atoms with Gasteiger partial charge in [0.15, 0.2) is 5.82 Å². The maximum absolute atomic E-state index is 11.8. The van der Waals surface area contributed by atoms with E-state index in [0.717, 1.165) is 19.1 Å². The van der Waals surface area contributed by atoms with Gasteiger partial charge in [-0.25, -0.2) is 4.98 Å². The van der Waals surface area contributed by atoms with Crippen LogP contribution in [0.3, 0.4) is 0 Å². The Morgan fingerprint density at radius 2 is 1.61 bits per heavy atom. The molecule has 3 aliphatic rings. The van der Waals surface area contributed by atoms with Crippen LogP contribution in [0.2, 0.25) is 0 Å². The first kappa shape index (κ1) is 15.1. The van der Waals surface area contributed by atoms with Crippen LogP contribution in [-0.2, 0) is 0 Å². The van der Waals surface area contributed by atoms with Gasteiger partial charge >= 0.3 is 0 Å². The summed E-state index contributed by atoms with van der Waals surface area (Å²) in [5.41, 5.74) is -0.0759. The van der Waals surface area contributed by atoms with Crippen LogP contribution < -0.4 is 10.5 Å². The summed E-state index contributed by atoms with van der Waals surface area (Å²) in [7, 11) is 0. The molecule has 0 bridgehead atoms. The average molecular weight is 317 g/mol. The molecule has 0 aromatic carbocycles. The summed E-state index contributed by atoms with van der Waals surface area (Å²) in [6.07, 6.45) is 10.3. The minimum Gasteiger partial charge on any atom is -0.349 e. The van der Waals surface area contributed by atoms with Gasteiger partial charge in [-0.1, -0.05) is 19.3 Å². The number of aromatic amines is 1. The topological polar surface area (TPSA) is 55.5 Å². The summed E-state index contributed by atoms with van der Waals surface area (Å²) >= 11 is 0. The second-order valence-electron chi connectivity index (χ2n) is 7.16. The predicted octanol–water partition coefficient (Wildman–Crippen LogP) is 0.909. The van der Waals surface area contributed by atoms with Crippen LogP contribution in [0.1, 0.15) is 32.1 Å². The lowest BCUT2D eigenvalue weighted by atomic mass is 9.93. The lowest BCUT2D eigenvalue weighted by molar-refractivity contribution is 0.0486. The molecule has 0 radical (unpaired) electrons. The monoisotopic (exact) mass is 317 g/mol. The normalized spacial score (nSPS) is 25.5. The number of H-pyrrole nitrogens is 1. The Labute approximate surface area is 137 Å². The molecule has 6 nitrogen and oxygen atoms in total. The van der Waals surface area contributed by atoms with E-state index in [-0.39, 0.29) is 5.56 Å². The lowest BCUT2D eigenvalue weighted by Gasteiger charge is -2.49. The van der Waals surface area contributed by atoms with Crippen LogP contribution in [0.15, 0.2) is 17.2 Å². The molecule has 0 atom stereocenters. The van der Waals surface area contributed by atoms with E-state index in [0.29, 0.717) is 11.9 Å². The molecule has 2 saturated heterocycles. The van der Waals surface area contributed by atoms with Crippen molar-refractivity contribution in [2.24, 2.45) is 0 Å². The van der Waals surface area contributed by atoms with Crippen molar-refractivity contribution < 1.29 is 0 Å². The number of piperazine rings is 1. The molecule has 3 fully saturated rings. The molecule has 23 heavy (non-hydrogen) atoms. The fraction of sp³-hybridized carbons (Fsp3) is 0.765. The maximum atomic E-state index is 11.8. The van der Waals surface area contributed by atoms with Crippen LogP contribution in [-0.4, -0.2) is 71.1 Å². The third-order valence-corrected chi connectivity index (χ3v) is 5.81. The van der Waals surface area contributed by atoms with E-state index < -0.39 is 0 Å². The first-order valence-corrected chi connectivity index (χ1v) is 9.08. The lowest BCUT2D eigenvalue weighted by Crippen LogP contribution is -2.64. The van der Waals surface area contributed by atoms with Gasteiger partial charge in [-0.2, -0.15) is 0 Å². The zero-order valence-corrected chi connectivity index (χ0v) is 13.8. The summed E-state index contributed by atoms with van der Waals surface area (Å²) in [4.78, 5) is 26.1. The zero-order chi connectivity index (χ0) is 15.6. The van der Waals surface area contributed by atoms with Crippen LogP contribution in [0.4, 0.5) is 5.82 Å². The number of hydrogen-bond donors (Lipinski definition) is 1. The van der Waals surface area contributed by atoms with Gasteiger partial charge in [0.1, 0.15) is 0 Å². The minimum atomic E-state index is -0.0759. The third-order valence-electron chi connectivity index (χ3n) is 5.81. The van der Waals surface area contributed by atoms with Gasteiger partial charge < -0.3 is 9.88 Å². The van der Waals surface area contributed by atoms with Crippen molar-refractivity contribution in [3.8, 4) is 0 Å². The molecule has 2 aliphatic heterocycles.